The van der Waals surface area contributed by atoms with E-state index in [0.29, 0.717) is 24.1 Å². The van der Waals surface area contributed by atoms with Crippen molar-refractivity contribution in [3.8, 4) is 6.07 Å². The van der Waals surface area contributed by atoms with E-state index in [1.807, 2.05) is 0 Å². The second kappa shape index (κ2) is 5.47. The molecule has 0 bridgehead atoms. The fourth-order valence-corrected chi connectivity index (χ4v) is 3.11. The first kappa shape index (κ1) is 14.0. The summed E-state index contributed by atoms with van der Waals surface area (Å²) in [4.78, 5) is 11.7. The number of esters is 1. The molecule has 2 aliphatic rings. The largest absolute Gasteiger partial charge is 0.465 e. The Labute approximate surface area is 122 Å². The van der Waals surface area contributed by atoms with Crippen molar-refractivity contribution >= 4 is 5.97 Å². The zero-order valence-electron chi connectivity index (χ0n) is 12.0. The van der Waals surface area contributed by atoms with Crippen molar-refractivity contribution in [1.29, 1.82) is 5.26 Å². The van der Waals surface area contributed by atoms with Crippen LogP contribution < -0.4 is 0 Å². The highest BCUT2D eigenvalue weighted by Crippen LogP contribution is 2.63. The van der Waals surface area contributed by atoms with E-state index < -0.39 is 0 Å². The van der Waals surface area contributed by atoms with Crippen LogP contribution in [0.1, 0.15) is 42.3 Å². The van der Waals surface area contributed by atoms with E-state index in [2.05, 4.69) is 11.2 Å². The van der Waals surface area contributed by atoms with Gasteiger partial charge in [0.25, 0.3) is 0 Å². The van der Waals surface area contributed by atoms with Gasteiger partial charge in [0.1, 0.15) is 25.5 Å². The molecule has 0 radical (unpaired) electrons. The number of hydrogen-bond donors (Lipinski definition) is 0. The lowest BCUT2D eigenvalue weighted by Gasteiger charge is -2.16. The second-order valence-electron chi connectivity index (χ2n) is 5.22. The van der Waals surface area contributed by atoms with Gasteiger partial charge in [-0.05, 0) is 25.2 Å². The smallest absolute Gasteiger partial charge is 0.327 e. The first-order valence-electron chi connectivity index (χ1n) is 6.98. The van der Waals surface area contributed by atoms with Crippen LogP contribution in [0.2, 0.25) is 0 Å². The molecule has 0 N–H and O–H groups in total. The number of hydrogen-bond acceptors (Lipinski definition) is 6. The minimum absolute atomic E-state index is 0.00410. The number of carbonyl (C=O) groups excluding carboxylic acids is 1. The maximum Gasteiger partial charge on any atom is 0.327 e. The van der Waals surface area contributed by atoms with E-state index in [9.17, 15) is 10.1 Å². The van der Waals surface area contributed by atoms with E-state index in [-0.39, 0.29) is 25.4 Å². The predicted molar refractivity (Wildman–Crippen MR) is 70.1 cm³/mol. The molecule has 0 saturated heterocycles. The van der Waals surface area contributed by atoms with E-state index in [1.165, 1.54) is 0 Å². The van der Waals surface area contributed by atoms with Gasteiger partial charge in [-0.1, -0.05) is 0 Å². The van der Waals surface area contributed by atoms with Crippen LogP contribution in [0.4, 0.5) is 0 Å². The summed E-state index contributed by atoms with van der Waals surface area (Å²) in [6.07, 6.45) is 0.843. The lowest BCUT2D eigenvalue weighted by atomic mass is 10.1. The Kier molecular flexibility index (Phi) is 3.66. The molecule has 0 aliphatic heterocycles. The molecule has 1 aromatic rings. The fourth-order valence-electron chi connectivity index (χ4n) is 3.11. The highest BCUT2D eigenvalue weighted by atomic mass is 16.7. The quantitative estimate of drug-likeness (QED) is 0.576. The molecule has 3 atom stereocenters. The highest BCUT2D eigenvalue weighted by molar-refractivity contribution is 5.69. The summed E-state index contributed by atoms with van der Waals surface area (Å²) in [6.45, 7) is 2.26. The normalized spacial score (nSPS) is 25.1. The van der Waals surface area contributed by atoms with Crippen LogP contribution in [-0.4, -0.2) is 36.3 Å². The molecule has 3 rings (SSSR count). The summed E-state index contributed by atoms with van der Waals surface area (Å²) >= 11 is 0. The number of carbonyl (C=O) groups is 1. The molecule has 7 heteroatoms. The van der Waals surface area contributed by atoms with Crippen molar-refractivity contribution in [1.82, 2.24) is 9.78 Å². The number of methoxy groups -OCH3 is 1. The minimum atomic E-state index is -0.363. The SMILES string of the molecule is CCOC(=O)Cn1nc(C#N)c2c1[C@H](OCOC)[C@@H]1C[C@H]21. The molecule has 112 valence electrons. The number of nitrogens with zero attached hydrogens (tertiary/aromatic N) is 3. The van der Waals surface area contributed by atoms with E-state index >= 15 is 0 Å². The zero-order chi connectivity index (χ0) is 15.0. The Morgan fingerprint density at radius 3 is 3.05 bits per heavy atom. The Hall–Kier alpha value is -1.91. The number of aromatic nitrogens is 2. The van der Waals surface area contributed by atoms with Gasteiger partial charge in [-0.2, -0.15) is 10.4 Å². The third kappa shape index (κ3) is 2.30. The van der Waals surface area contributed by atoms with Crippen LogP contribution in [0, 0.1) is 17.2 Å². The average molecular weight is 291 g/mol. The van der Waals surface area contributed by atoms with Crippen LogP contribution in [0.3, 0.4) is 0 Å². The molecule has 1 saturated carbocycles. The summed E-state index contributed by atoms with van der Waals surface area (Å²) in [7, 11) is 1.57. The minimum Gasteiger partial charge on any atom is -0.465 e. The first-order valence-corrected chi connectivity index (χ1v) is 6.98. The molecule has 0 unspecified atom stereocenters. The second-order valence-corrected chi connectivity index (χ2v) is 5.22. The molecule has 0 spiro atoms. The van der Waals surface area contributed by atoms with Gasteiger partial charge in [-0.25, -0.2) is 0 Å². The van der Waals surface area contributed by atoms with Gasteiger partial charge < -0.3 is 14.2 Å². The molecule has 1 aromatic heterocycles. The Bertz CT molecular complexity index is 604. The molecule has 0 aromatic carbocycles. The number of nitriles is 1. The van der Waals surface area contributed by atoms with Gasteiger partial charge in [0.2, 0.25) is 0 Å². The van der Waals surface area contributed by atoms with Crippen LogP contribution in [0.5, 0.6) is 0 Å². The number of ether oxygens (including phenoxy) is 3. The van der Waals surface area contributed by atoms with Crippen LogP contribution in [0.25, 0.3) is 0 Å². The topological polar surface area (TPSA) is 86.4 Å². The molecular weight excluding hydrogens is 274 g/mol. The summed E-state index contributed by atoms with van der Waals surface area (Å²) in [5, 5.41) is 13.5. The van der Waals surface area contributed by atoms with Gasteiger partial charge in [0, 0.05) is 12.7 Å². The summed E-state index contributed by atoms with van der Waals surface area (Å²) in [6, 6.07) is 2.12. The summed E-state index contributed by atoms with van der Waals surface area (Å²) in [5.74, 6) is 0.333. The van der Waals surface area contributed by atoms with Gasteiger partial charge in [-0.3, -0.25) is 9.48 Å². The van der Waals surface area contributed by atoms with Crippen molar-refractivity contribution in [2.45, 2.75) is 31.9 Å². The van der Waals surface area contributed by atoms with Crippen molar-refractivity contribution in [3.63, 3.8) is 0 Å². The summed E-state index contributed by atoms with van der Waals surface area (Å²) in [5.41, 5.74) is 2.16. The molecule has 21 heavy (non-hydrogen) atoms. The van der Waals surface area contributed by atoms with Crippen molar-refractivity contribution in [2.24, 2.45) is 5.92 Å². The Morgan fingerprint density at radius 1 is 1.57 bits per heavy atom. The Balaban J connectivity index is 1.90. The van der Waals surface area contributed by atoms with E-state index in [1.54, 1.807) is 18.7 Å². The van der Waals surface area contributed by atoms with E-state index in [0.717, 1.165) is 17.7 Å². The van der Waals surface area contributed by atoms with Crippen LogP contribution in [-0.2, 0) is 25.5 Å². The third-order valence-electron chi connectivity index (χ3n) is 3.95. The lowest BCUT2D eigenvalue weighted by molar-refractivity contribution is -0.144. The predicted octanol–water partition coefficient (Wildman–Crippen LogP) is 1.10. The van der Waals surface area contributed by atoms with Gasteiger partial charge in [0.15, 0.2) is 5.69 Å². The number of rotatable bonds is 6. The summed E-state index contributed by atoms with van der Waals surface area (Å²) < 4.78 is 17.2. The van der Waals surface area contributed by atoms with E-state index in [4.69, 9.17) is 14.2 Å². The van der Waals surface area contributed by atoms with Gasteiger partial charge >= 0.3 is 5.97 Å². The molecule has 0 amide bonds. The third-order valence-corrected chi connectivity index (χ3v) is 3.95. The van der Waals surface area contributed by atoms with Crippen molar-refractivity contribution < 1.29 is 19.0 Å². The maximum atomic E-state index is 11.7. The molecule has 2 aliphatic carbocycles. The zero-order valence-corrected chi connectivity index (χ0v) is 12.0. The van der Waals surface area contributed by atoms with Crippen molar-refractivity contribution in [3.05, 3.63) is 17.0 Å². The molecule has 7 nitrogen and oxygen atoms in total. The first-order chi connectivity index (χ1) is 10.2. The molecule has 1 heterocycles. The monoisotopic (exact) mass is 291 g/mol. The van der Waals surface area contributed by atoms with Gasteiger partial charge in [0.05, 0.1) is 12.3 Å². The van der Waals surface area contributed by atoms with Crippen LogP contribution >= 0.6 is 0 Å². The average Bonchev–Trinajstić information content (AvgIpc) is 3.07. The Morgan fingerprint density at radius 2 is 2.38 bits per heavy atom. The van der Waals surface area contributed by atoms with Crippen molar-refractivity contribution in [2.75, 3.05) is 20.5 Å². The molecular formula is C14H17N3O4. The van der Waals surface area contributed by atoms with Crippen LogP contribution in [0.15, 0.2) is 0 Å². The maximum absolute atomic E-state index is 11.7. The highest BCUT2D eigenvalue weighted by Gasteiger charge is 2.56. The lowest BCUT2D eigenvalue weighted by Crippen LogP contribution is -2.19. The standard InChI is InChI=1S/C14H17N3O4/c1-3-20-11(18)6-17-13-12(10(5-15)16-17)8-4-9(8)14(13)21-7-19-2/h8-9,14H,3-4,6-7H2,1-2H3/t8-,9+,14+/m0/s1. The van der Waals surface area contributed by atoms with Gasteiger partial charge in [-0.15, -0.1) is 0 Å². The fraction of sp³-hybridized carbons (Fsp3) is 0.643. The molecule has 1 fully saturated rings. The number of fused-ring (bicyclic) bond motifs is 3.